The molecule has 2 unspecified atom stereocenters. The van der Waals surface area contributed by atoms with Gasteiger partial charge in [-0.05, 0) is 31.6 Å². The number of carboxylic acids is 1. The summed E-state index contributed by atoms with van der Waals surface area (Å²) in [7, 11) is 0. The lowest BCUT2D eigenvalue weighted by atomic mass is 9.76. The zero-order valence-corrected chi connectivity index (χ0v) is 12.5. The van der Waals surface area contributed by atoms with Crippen LogP contribution in [0.1, 0.15) is 59.8 Å². The molecule has 0 aromatic heterocycles. The summed E-state index contributed by atoms with van der Waals surface area (Å²) in [6.07, 6.45) is 4.54. The smallest absolute Gasteiger partial charge is 0.310 e. The van der Waals surface area contributed by atoms with Crippen molar-refractivity contribution in [3.63, 3.8) is 0 Å². The molecule has 1 aliphatic carbocycles. The van der Waals surface area contributed by atoms with Crippen molar-refractivity contribution in [3.05, 3.63) is 0 Å². The van der Waals surface area contributed by atoms with E-state index in [2.05, 4.69) is 12.2 Å². The summed E-state index contributed by atoms with van der Waals surface area (Å²) in [6.45, 7) is 7.42. The van der Waals surface area contributed by atoms with Crippen LogP contribution in [0.3, 0.4) is 0 Å². The Morgan fingerprint density at radius 2 is 1.95 bits per heavy atom. The van der Waals surface area contributed by atoms with Crippen molar-refractivity contribution < 1.29 is 14.7 Å². The maximum absolute atomic E-state index is 12.1. The van der Waals surface area contributed by atoms with Gasteiger partial charge in [-0.15, -0.1) is 0 Å². The number of aliphatic carboxylic acids is 1. The third-order valence-electron chi connectivity index (χ3n) is 4.46. The van der Waals surface area contributed by atoms with E-state index < -0.39 is 11.4 Å². The molecule has 1 aliphatic rings. The SMILES string of the molecule is CCC(CC1CC1)NC(=O)CC(C)(C(=O)O)C(C)C. The quantitative estimate of drug-likeness (QED) is 0.712. The van der Waals surface area contributed by atoms with Crippen molar-refractivity contribution in [2.24, 2.45) is 17.3 Å². The van der Waals surface area contributed by atoms with E-state index in [9.17, 15) is 14.7 Å². The highest BCUT2D eigenvalue weighted by Gasteiger charge is 2.39. The topological polar surface area (TPSA) is 66.4 Å². The molecule has 110 valence electrons. The molecule has 2 N–H and O–H groups in total. The molecule has 4 heteroatoms. The zero-order valence-electron chi connectivity index (χ0n) is 12.5. The summed E-state index contributed by atoms with van der Waals surface area (Å²) in [6, 6.07) is 0.199. The molecule has 1 fully saturated rings. The second-order valence-corrected chi connectivity index (χ2v) is 6.41. The highest BCUT2D eigenvalue weighted by molar-refractivity contribution is 5.85. The van der Waals surface area contributed by atoms with Gasteiger partial charge in [0, 0.05) is 12.5 Å². The molecule has 0 radical (unpaired) electrons. The van der Waals surface area contributed by atoms with Crippen molar-refractivity contribution >= 4 is 11.9 Å². The van der Waals surface area contributed by atoms with Gasteiger partial charge in [-0.25, -0.2) is 0 Å². The first kappa shape index (κ1) is 16.0. The summed E-state index contributed by atoms with van der Waals surface area (Å²) in [5.41, 5.74) is -0.984. The minimum Gasteiger partial charge on any atom is -0.481 e. The van der Waals surface area contributed by atoms with Crippen molar-refractivity contribution in [1.29, 1.82) is 0 Å². The Kier molecular flexibility index (Phi) is 5.39. The monoisotopic (exact) mass is 269 g/mol. The summed E-state index contributed by atoms with van der Waals surface area (Å²) >= 11 is 0. The Bertz CT molecular complexity index is 336. The number of carbonyl (C=O) groups is 2. The average Bonchev–Trinajstić information content (AvgIpc) is 3.11. The maximum atomic E-state index is 12.1. The van der Waals surface area contributed by atoms with E-state index in [1.807, 2.05) is 13.8 Å². The normalized spacial score (nSPS) is 19.8. The number of hydrogen-bond donors (Lipinski definition) is 2. The van der Waals surface area contributed by atoms with Crippen LogP contribution in [0.5, 0.6) is 0 Å². The number of rotatable bonds is 8. The molecule has 19 heavy (non-hydrogen) atoms. The highest BCUT2D eigenvalue weighted by Crippen LogP contribution is 2.34. The lowest BCUT2D eigenvalue weighted by Gasteiger charge is -2.29. The van der Waals surface area contributed by atoms with Crippen LogP contribution < -0.4 is 5.32 Å². The molecular formula is C15H27NO3. The van der Waals surface area contributed by atoms with E-state index in [-0.39, 0.29) is 24.3 Å². The van der Waals surface area contributed by atoms with Gasteiger partial charge in [-0.2, -0.15) is 0 Å². The molecule has 4 nitrogen and oxygen atoms in total. The van der Waals surface area contributed by atoms with E-state index >= 15 is 0 Å². The Labute approximate surface area is 116 Å². The predicted octanol–water partition coefficient (Wildman–Crippen LogP) is 2.82. The van der Waals surface area contributed by atoms with Crippen LogP contribution in [0.15, 0.2) is 0 Å². The molecule has 0 saturated heterocycles. The number of hydrogen-bond acceptors (Lipinski definition) is 2. The van der Waals surface area contributed by atoms with Gasteiger partial charge in [-0.3, -0.25) is 9.59 Å². The van der Waals surface area contributed by atoms with E-state index in [0.717, 1.165) is 18.8 Å². The summed E-state index contributed by atoms with van der Waals surface area (Å²) in [5.74, 6) is -0.334. The number of carboxylic acid groups (broad SMARTS) is 1. The van der Waals surface area contributed by atoms with Crippen molar-refractivity contribution in [2.75, 3.05) is 0 Å². The first-order valence-corrected chi connectivity index (χ1v) is 7.32. The lowest BCUT2D eigenvalue weighted by Crippen LogP contribution is -2.42. The predicted molar refractivity (Wildman–Crippen MR) is 74.8 cm³/mol. The van der Waals surface area contributed by atoms with Gasteiger partial charge in [0.2, 0.25) is 5.91 Å². The number of carbonyl (C=O) groups excluding carboxylic acids is 1. The molecule has 0 heterocycles. The first-order valence-electron chi connectivity index (χ1n) is 7.32. The Balaban J connectivity index is 2.53. The van der Waals surface area contributed by atoms with Crippen LogP contribution in [0.4, 0.5) is 0 Å². The Morgan fingerprint density at radius 3 is 2.32 bits per heavy atom. The second-order valence-electron chi connectivity index (χ2n) is 6.41. The fraction of sp³-hybridized carbons (Fsp3) is 0.867. The van der Waals surface area contributed by atoms with E-state index in [1.54, 1.807) is 6.92 Å². The number of amides is 1. The third-order valence-corrected chi connectivity index (χ3v) is 4.46. The van der Waals surface area contributed by atoms with Crippen LogP contribution in [0.25, 0.3) is 0 Å². The molecule has 0 aromatic carbocycles. The summed E-state index contributed by atoms with van der Waals surface area (Å²) in [4.78, 5) is 23.4. The van der Waals surface area contributed by atoms with Gasteiger partial charge in [-0.1, -0.05) is 33.6 Å². The Morgan fingerprint density at radius 1 is 1.37 bits per heavy atom. The minimum absolute atomic E-state index is 0.0567. The van der Waals surface area contributed by atoms with Crippen LogP contribution >= 0.6 is 0 Å². The largest absolute Gasteiger partial charge is 0.481 e. The fourth-order valence-electron chi connectivity index (χ4n) is 2.22. The van der Waals surface area contributed by atoms with Gasteiger partial charge in [0.1, 0.15) is 0 Å². The van der Waals surface area contributed by atoms with Gasteiger partial charge in [0.15, 0.2) is 0 Å². The lowest BCUT2D eigenvalue weighted by molar-refractivity contribution is -0.153. The van der Waals surface area contributed by atoms with Crippen molar-refractivity contribution in [1.82, 2.24) is 5.32 Å². The van der Waals surface area contributed by atoms with Crippen LogP contribution in [0, 0.1) is 17.3 Å². The molecule has 1 rings (SSSR count). The minimum atomic E-state index is -0.984. The van der Waals surface area contributed by atoms with E-state index in [0.29, 0.717) is 0 Å². The highest BCUT2D eigenvalue weighted by atomic mass is 16.4. The summed E-state index contributed by atoms with van der Waals surface area (Å²) in [5, 5.41) is 12.3. The van der Waals surface area contributed by atoms with Gasteiger partial charge < -0.3 is 10.4 Å². The van der Waals surface area contributed by atoms with Crippen LogP contribution in [0.2, 0.25) is 0 Å². The molecule has 0 bridgehead atoms. The molecule has 1 saturated carbocycles. The first-order chi connectivity index (χ1) is 8.79. The van der Waals surface area contributed by atoms with Gasteiger partial charge >= 0.3 is 5.97 Å². The molecule has 0 aromatic rings. The van der Waals surface area contributed by atoms with E-state index in [4.69, 9.17) is 0 Å². The maximum Gasteiger partial charge on any atom is 0.310 e. The van der Waals surface area contributed by atoms with Crippen LogP contribution in [-0.4, -0.2) is 23.0 Å². The zero-order chi connectivity index (χ0) is 14.6. The molecule has 1 amide bonds. The van der Waals surface area contributed by atoms with Crippen molar-refractivity contribution in [2.45, 2.75) is 65.8 Å². The van der Waals surface area contributed by atoms with E-state index in [1.165, 1.54) is 12.8 Å². The number of nitrogens with one attached hydrogen (secondary N) is 1. The molecular weight excluding hydrogens is 242 g/mol. The van der Waals surface area contributed by atoms with Gasteiger partial charge in [0.05, 0.1) is 5.41 Å². The Hall–Kier alpha value is -1.06. The average molecular weight is 269 g/mol. The van der Waals surface area contributed by atoms with Crippen molar-refractivity contribution in [3.8, 4) is 0 Å². The second kappa shape index (κ2) is 6.40. The van der Waals surface area contributed by atoms with Crippen LogP contribution in [-0.2, 0) is 9.59 Å². The molecule has 2 atom stereocenters. The van der Waals surface area contributed by atoms with Gasteiger partial charge in [0.25, 0.3) is 0 Å². The standard InChI is InChI=1S/C15H27NO3/c1-5-12(8-11-6-7-11)16-13(17)9-15(4,10(2)3)14(18)19/h10-12H,5-9H2,1-4H3,(H,16,17)(H,18,19). The molecule has 0 spiro atoms. The summed E-state index contributed by atoms with van der Waals surface area (Å²) < 4.78 is 0. The third kappa shape index (κ3) is 4.51. The molecule has 0 aliphatic heterocycles. The fourth-order valence-corrected chi connectivity index (χ4v) is 2.22.